The Balaban J connectivity index is 0.00000300. The van der Waals surface area contributed by atoms with Gasteiger partial charge in [-0.25, -0.2) is 9.37 Å². The summed E-state index contributed by atoms with van der Waals surface area (Å²) in [4.78, 5) is 22.7. The lowest BCUT2D eigenvalue weighted by molar-refractivity contribution is -0.115. The van der Waals surface area contributed by atoms with Crippen LogP contribution < -0.4 is 20.9 Å². The number of pyridine rings is 1. The van der Waals surface area contributed by atoms with Gasteiger partial charge in [-0.05, 0) is 42.8 Å². The van der Waals surface area contributed by atoms with Crippen LogP contribution in [0.5, 0.6) is 0 Å². The molecule has 1 unspecified atom stereocenters. The number of benzene rings is 1. The summed E-state index contributed by atoms with van der Waals surface area (Å²) in [5.41, 5.74) is 0.537. The first-order chi connectivity index (χ1) is 13.5. The molecule has 0 bridgehead atoms. The third kappa shape index (κ3) is 6.70. The fourth-order valence-electron chi connectivity index (χ4n) is 2.97. The van der Waals surface area contributed by atoms with Gasteiger partial charge in [0.2, 0.25) is 5.91 Å². The van der Waals surface area contributed by atoms with E-state index in [2.05, 4.69) is 30.8 Å². The van der Waals surface area contributed by atoms with Crippen LogP contribution in [0.3, 0.4) is 0 Å². The molecule has 1 aromatic carbocycles. The minimum Gasteiger partial charge on any atom is -0.353 e. The number of halogens is 3. The molecule has 1 fully saturated rings. The first-order valence-corrected chi connectivity index (χ1v) is 9.31. The van der Waals surface area contributed by atoms with Gasteiger partial charge in [0, 0.05) is 38.1 Å². The van der Waals surface area contributed by atoms with E-state index in [-0.39, 0.29) is 48.3 Å². The van der Waals surface area contributed by atoms with Crippen LogP contribution >= 0.6 is 35.6 Å². The molecule has 2 aromatic rings. The van der Waals surface area contributed by atoms with Crippen molar-refractivity contribution in [1.29, 1.82) is 0 Å². The Morgan fingerprint density at radius 1 is 1.34 bits per heavy atom. The van der Waals surface area contributed by atoms with Gasteiger partial charge in [-0.3, -0.25) is 9.79 Å². The highest BCUT2D eigenvalue weighted by Gasteiger charge is 2.25. The summed E-state index contributed by atoms with van der Waals surface area (Å²) in [5, 5.41) is 9.62. The minimum absolute atomic E-state index is 0. The molecular weight excluding hydrogens is 510 g/mol. The van der Waals surface area contributed by atoms with Crippen LogP contribution in [-0.2, 0) is 4.79 Å². The van der Waals surface area contributed by atoms with Gasteiger partial charge < -0.3 is 20.9 Å². The number of carbonyl (C=O) groups is 1. The molecule has 0 spiro atoms. The van der Waals surface area contributed by atoms with Crippen LogP contribution in [0.25, 0.3) is 0 Å². The van der Waals surface area contributed by atoms with Crippen molar-refractivity contribution in [3.8, 4) is 0 Å². The number of hydrogen-bond donors (Lipinski definition) is 3. The van der Waals surface area contributed by atoms with Gasteiger partial charge in [-0.2, -0.15) is 0 Å². The zero-order valence-electron chi connectivity index (χ0n) is 15.9. The van der Waals surface area contributed by atoms with E-state index in [9.17, 15) is 9.18 Å². The third-order valence-electron chi connectivity index (χ3n) is 4.34. The third-order valence-corrected chi connectivity index (χ3v) is 4.63. The van der Waals surface area contributed by atoms with Crippen LogP contribution in [0.2, 0.25) is 5.02 Å². The second-order valence-corrected chi connectivity index (χ2v) is 6.77. The molecule has 1 atom stereocenters. The maximum atomic E-state index is 12.9. The summed E-state index contributed by atoms with van der Waals surface area (Å²) >= 11 is 6.22. The van der Waals surface area contributed by atoms with Crippen LogP contribution in [0.4, 0.5) is 15.9 Å². The monoisotopic (exact) mass is 532 g/mol. The predicted octanol–water partition coefficient (Wildman–Crippen LogP) is 2.87. The molecule has 3 rings (SSSR count). The van der Waals surface area contributed by atoms with Crippen LogP contribution in [0.15, 0.2) is 47.6 Å². The Bertz CT molecular complexity index is 851. The van der Waals surface area contributed by atoms with E-state index < -0.39 is 0 Å². The number of anilines is 2. The number of nitrogens with zero attached hydrogens (tertiary/aromatic N) is 3. The van der Waals surface area contributed by atoms with Crippen LogP contribution in [0, 0.1) is 5.82 Å². The summed E-state index contributed by atoms with van der Waals surface area (Å²) < 4.78 is 12.9. The number of hydrogen-bond acceptors (Lipinski definition) is 4. The van der Waals surface area contributed by atoms with Crippen LogP contribution in [0.1, 0.15) is 6.42 Å². The normalized spacial score (nSPS) is 16.2. The molecule has 3 N–H and O–H groups in total. The molecule has 1 saturated heterocycles. The van der Waals surface area contributed by atoms with E-state index in [1.54, 1.807) is 19.3 Å². The van der Waals surface area contributed by atoms with Gasteiger partial charge in [0.1, 0.15) is 11.6 Å². The fraction of sp³-hybridized carbons (Fsp3) is 0.316. The van der Waals surface area contributed by atoms with E-state index in [0.29, 0.717) is 16.7 Å². The number of aliphatic imine (C=N–C) groups is 1. The second-order valence-electron chi connectivity index (χ2n) is 6.37. The van der Waals surface area contributed by atoms with Gasteiger partial charge in [-0.15, -0.1) is 24.0 Å². The van der Waals surface area contributed by atoms with Gasteiger partial charge in [0.25, 0.3) is 0 Å². The first kappa shape index (κ1) is 23.1. The number of amides is 1. The zero-order valence-corrected chi connectivity index (χ0v) is 18.9. The highest BCUT2D eigenvalue weighted by molar-refractivity contribution is 14.0. The lowest BCUT2D eigenvalue weighted by Gasteiger charge is -2.20. The largest absolute Gasteiger partial charge is 0.353 e. The molecule has 10 heteroatoms. The molecule has 7 nitrogen and oxygen atoms in total. The summed E-state index contributed by atoms with van der Waals surface area (Å²) in [7, 11) is 1.65. The van der Waals surface area contributed by atoms with E-state index in [1.165, 1.54) is 24.3 Å². The van der Waals surface area contributed by atoms with Crippen molar-refractivity contribution in [2.75, 3.05) is 36.9 Å². The average Bonchev–Trinajstić information content (AvgIpc) is 3.15. The highest BCUT2D eigenvalue weighted by atomic mass is 127. The number of nitrogens with one attached hydrogen (secondary N) is 3. The molecule has 0 saturated carbocycles. The summed E-state index contributed by atoms with van der Waals surface area (Å²) in [6.07, 6.45) is 2.62. The quantitative estimate of drug-likeness (QED) is 0.314. The van der Waals surface area contributed by atoms with Gasteiger partial charge in [-0.1, -0.05) is 11.6 Å². The Labute approximate surface area is 191 Å². The maximum Gasteiger partial charge on any atom is 0.243 e. The second kappa shape index (κ2) is 11.1. The van der Waals surface area contributed by atoms with Crippen molar-refractivity contribution in [1.82, 2.24) is 15.6 Å². The molecule has 0 radical (unpaired) electrons. The lowest BCUT2D eigenvalue weighted by Crippen LogP contribution is -2.46. The first-order valence-electron chi connectivity index (χ1n) is 8.93. The van der Waals surface area contributed by atoms with Gasteiger partial charge >= 0.3 is 0 Å². The van der Waals surface area contributed by atoms with Crippen molar-refractivity contribution in [2.45, 2.75) is 12.5 Å². The minimum atomic E-state index is -0.349. The number of rotatable bonds is 5. The van der Waals surface area contributed by atoms with Crippen molar-refractivity contribution in [3.63, 3.8) is 0 Å². The molecule has 1 amide bonds. The lowest BCUT2D eigenvalue weighted by atomic mass is 10.3. The number of guanidine groups is 1. The molecular formula is C19H23ClFIN6O. The number of aromatic nitrogens is 1. The molecule has 156 valence electrons. The van der Waals surface area contributed by atoms with Crippen molar-refractivity contribution in [2.24, 2.45) is 4.99 Å². The molecule has 2 heterocycles. The Morgan fingerprint density at radius 2 is 2.10 bits per heavy atom. The van der Waals surface area contributed by atoms with E-state index in [0.717, 1.165) is 25.3 Å². The predicted molar refractivity (Wildman–Crippen MR) is 125 cm³/mol. The summed E-state index contributed by atoms with van der Waals surface area (Å²) in [6, 6.07) is 9.40. The summed E-state index contributed by atoms with van der Waals surface area (Å²) in [5.74, 6) is 0.713. The Kier molecular flexibility index (Phi) is 8.90. The van der Waals surface area contributed by atoms with E-state index >= 15 is 0 Å². The average molecular weight is 533 g/mol. The van der Waals surface area contributed by atoms with Crippen molar-refractivity contribution in [3.05, 3.63) is 53.4 Å². The molecule has 1 aliphatic heterocycles. The maximum absolute atomic E-state index is 12.9. The smallest absolute Gasteiger partial charge is 0.243 e. The molecule has 29 heavy (non-hydrogen) atoms. The SMILES string of the molecule is CN=C(NCC(=O)Nc1ccc(F)cc1)NC1CCN(c2ncccc2Cl)C1.I. The van der Waals surface area contributed by atoms with E-state index in [1.807, 2.05) is 6.07 Å². The Hall–Kier alpha value is -2.14. The number of carbonyl (C=O) groups excluding carboxylic acids is 1. The highest BCUT2D eigenvalue weighted by Crippen LogP contribution is 2.25. The van der Waals surface area contributed by atoms with Gasteiger partial charge in [0.05, 0.1) is 11.6 Å². The van der Waals surface area contributed by atoms with Crippen molar-refractivity contribution >= 4 is 58.9 Å². The topological polar surface area (TPSA) is 81.6 Å². The standard InChI is InChI=1S/C19H22ClFN6O.HI/c1-22-19(24-11-17(28)25-14-6-4-13(21)5-7-14)26-15-8-10-27(12-15)18-16(20)3-2-9-23-18;/h2-7,9,15H,8,10-12H2,1H3,(H,25,28)(H2,22,24,26);1H. The molecule has 1 aromatic heterocycles. The molecule has 1 aliphatic rings. The zero-order chi connectivity index (χ0) is 19.9. The van der Waals surface area contributed by atoms with Crippen molar-refractivity contribution < 1.29 is 9.18 Å². The molecule has 0 aliphatic carbocycles. The van der Waals surface area contributed by atoms with Gasteiger partial charge in [0.15, 0.2) is 5.96 Å². The fourth-order valence-corrected chi connectivity index (χ4v) is 3.21. The van der Waals surface area contributed by atoms with Crippen LogP contribution in [-0.4, -0.2) is 49.6 Å². The Morgan fingerprint density at radius 3 is 2.79 bits per heavy atom. The van der Waals surface area contributed by atoms with E-state index in [4.69, 9.17) is 11.6 Å². The summed E-state index contributed by atoms with van der Waals surface area (Å²) in [6.45, 7) is 1.61.